The summed E-state index contributed by atoms with van der Waals surface area (Å²) >= 11 is 0. The van der Waals surface area contributed by atoms with Gasteiger partial charge in [-0.3, -0.25) is 0 Å². The third-order valence-electron chi connectivity index (χ3n) is 4.77. The SMILES string of the molecule is COc1cc[n+](CCCCC[n+]2ccccc2)cc1.O=S(=O)([N-]S(=O)(=O)C(F)(F)F)C(F)(F)F.O=S(=O)([N-]S(=O)(=O)C(F)(F)F)C(F)(F)F. The van der Waals surface area contributed by atoms with E-state index in [1.807, 2.05) is 12.1 Å². The fourth-order valence-corrected chi connectivity index (χ4v) is 5.92. The summed E-state index contributed by atoms with van der Waals surface area (Å²) in [6.45, 7) is 2.18. The van der Waals surface area contributed by atoms with Gasteiger partial charge in [0.2, 0.25) is 0 Å². The predicted octanol–water partition coefficient (Wildman–Crippen LogP) is 4.26. The number of rotatable bonds is 11. The molecule has 0 amide bonds. The summed E-state index contributed by atoms with van der Waals surface area (Å²) < 4.78 is 228. The fraction of sp³-hybridized carbons (Fsp3) is 0.500. The van der Waals surface area contributed by atoms with Crippen molar-refractivity contribution < 1.29 is 100 Å². The van der Waals surface area contributed by atoms with Crippen molar-refractivity contribution >= 4 is 40.1 Å². The Morgan fingerprint density at radius 3 is 1.06 bits per heavy atom. The average molecular weight is 819 g/mol. The van der Waals surface area contributed by atoms with Gasteiger partial charge in [-0.2, -0.15) is 52.7 Å². The van der Waals surface area contributed by atoms with Crippen LogP contribution in [0.2, 0.25) is 0 Å². The minimum absolute atomic E-state index is 0.778. The van der Waals surface area contributed by atoms with Crippen LogP contribution in [0.15, 0.2) is 55.1 Å². The van der Waals surface area contributed by atoms with E-state index < -0.39 is 62.1 Å². The molecule has 0 N–H and O–H groups in total. The Labute approximate surface area is 270 Å². The van der Waals surface area contributed by atoms with E-state index in [-0.39, 0.29) is 0 Å². The summed E-state index contributed by atoms with van der Waals surface area (Å²) in [6, 6.07) is 10.2. The quantitative estimate of drug-likeness (QED) is 0.182. The van der Waals surface area contributed by atoms with Gasteiger partial charge in [-0.1, -0.05) is 6.07 Å². The molecule has 0 aliphatic heterocycles. The second-order valence-electron chi connectivity index (χ2n) is 8.48. The smallest absolute Gasteiger partial charge is 0.480 e. The number of alkyl halides is 12. The van der Waals surface area contributed by atoms with Gasteiger partial charge in [-0.25, -0.2) is 42.8 Å². The van der Waals surface area contributed by atoms with E-state index in [0.29, 0.717) is 0 Å². The third-order valence-corrected chi connectivity index (χ3v) is 10.2. The number of hydrogen-bond acceptors (Lipinski definition) is 9. The summed E-state index contributed by atoms with van der Waals surface area (Å²) in [7, 11) is -25.2. The lowest BCUT2D eigenvalue weighted by atomic mass is 10.2. The highest BCUT2D eigenvalue weighted by molar-refractivity contribution is 8.13. The van der Waals surface area contributed by atoms with E-state index in [2.05, 4.69) is 52.1 Å². The molecule has 13 nitrogen and oxygen atoms in total. The molecule has 0 atom stereocenters. The number of aromatic nitrogens is 2. The van der Waals surface area contributed by atoms with E-state index in [4.69, 9.17) is 4.74 Å². The molecule has 284 valence electrons. The highest BCUT2D eigenvalue weighted by Crippen LogP contribution is 2.37. The molecule has 0 aliphatic rings. The first kappa shape index (κ1) is 46.0. The van der Waals surface area contributed by atoms with Gasteiger partial charge in [0.25, 0.3) is 0 Å². The molecule has 0 aromatic carbocycles. The van der Waals surface area contributed by atoms with Crippen molar-refractivity contribution in [3.8, 4) is 5.75 Å². The Balaban J connectivity index is 0.000000715. The topological polar surface area (TPSA) is 182 Å². The van der Waals surface area contributed by atoms with Gasteiger partial charge in [0.15, 0.2) is 64.9 Å². The molecule has 2 aromatic rings. The first-order valence-corrected chi connectivity index (χ1v) is 17.8. The number of pyridine rings is 2. The monoisotopic (exact) mass is 818 g/mol. The van der Waals surface area contributed by atoms with E-state index in [9.17, 15) is 86.4 Å². The molecule has 0 aliphatic carbocycles. The zero-order chi connectivity index (χ0) is 38.8. The Morgan fingerprint density at radius 2 is 0.796 bits per heavy atom. The number of aryl methyl sites for hydroxylation is 2. The van der Waals surface area contributed by atoms with E-state index in [0.717, 1.165) is 27.1 Å². The van der Waals surface area contributed by atoms with Gasteiger partial charge in [0, 0.05) is 37.1 Å². The van der Waals surface area contributed by atoms with Crippen LogP contribution < -0.4 is 13.9 Å². The number of ether oxygens (including phenoxy) is 1. The number of methoxy groups -OCH3 is 1. The van der Waals surface area contributed by atoms with Crippen LogP contribution in [0.1, 0.15) is 19.3 Å². The highest BCUT2D eigenvalue weighted by atomic mass is 32.3. The first-order valence-electron chi connectivity index (χ1n) is 12.0. The van der Waals surface area contributed by atoms with Crippen LogP contribution in [0.5, 0.6) is 5.75 Å². The van der Waals surface area contributed by atoms with Crippen molar-refractivity contribution in [3.63, 3.8) is 0 Å². The summed E-state index contributed by atoms with van der Waals surface area (Å²) in [5, 5.41) is 0. The van der Waals surface area contributed by atoms with Crippen molar-refractivity contribution in [3.05, 3.63) is 63.4 Å². The van der Waals surface area contributed by atoms with Crippen molar-refractivity contribution in [1.29, 1.82) is 0 Å². The molecule has 0 saturated carbocycles. The normalized spacial score (nSPS) is 13.4. The molecule has 0 radical (unpaired) electrons. The molecule has 0 bridgehead atoms. The van der Waals surface area contributed by atoms with E-state index in [1.165, 1.54) is 19.3 Å². The molecule has 0 spiro atoms. The Hall–Kier alpha value is -3.02. The Morgan fingerprint density at radius 1 is 0.510 bits per heavy atom. The standard InChI is InChI=1S/C16H22N2O.2C2F6NO4S2/c1-19-16-8-14-18(15-9-16)13-7-3-6-12-17-10-4-2-5-11-17;2*3-1(4,5)14(10,11)9-15(12,13)2(6,7)8/h2,4-5,8-11,14-15H,3,6-7,12-13H2,1H3;;/q+2;2*-1. The van der Waals surface area contributed by atoms with Crippen molar-refractivity contribution in [1.82, 2.24) is 0 Å². The van der Waals surface area contributed by atoms with Gasteiger partial charge < -0.3 is 13.0 Å². The number of unbranched alkanes of at least 4 members (excludes halogenated alkanes) is 2. The molecule has 49 heavy (non-hydrogen) atoms. The Bertz CT molecular complexity index is 1600. The minimum Gasteiger partial charge on any atom is -0.496 e. The number of hydrogen-bond donors (Lipinski definition) is 0. The summed E-state index contributed by atoms with van der Waals surface area (Å²) in [4.78, 5) is 0. The lowest BCUT2D eigenvalue weighted by Crippen LogP contribution is -2.33. The lowest BCUT2D eigenvalue weighted by molar-refractivity contribution is -0.701. The highest BCUT2D eigenvalue weighted by Gasteiger charge is 2.48. The first-order chi connectivity index (χ1) is 21.8. The molecule has 0 unspecified atom stereocenters. The van der Waals surface area contributed by atoms with Gasteiger partial charge in [-0.15, -0.1) is 0 Å². The van der Waals surface area contributed by atoms with Gasteiger partial charge in [-0.05, 0) is 6.42 Å². The largest absolute Gasteiger partial charge is 0.496 e. The van der Waals surface area contributed by atoms with Gasteiger partial charge in [0.05, 0.1) is 7.11 Å². The van der Waals surface area contributed by atoms with Crippen LogP contribution in [-0.4, -0.2) is 62.8 Å². The number of halogens is 12. The summed E-state index contributed by atoms with van der Waals surface area (Å²) in [5.74, 6) is 0.914. The molecule has 0 saturated heterocycles. The second-order valence-corrected chi connectivity index (χ2v) is 15.3. The molecular weight excluding hydrogens is 796 g/mol. The average Bonchev–Trinajstić information content (AvgIpc) is 2.91. The van der Waals surface area contributed by atoms with Crippen molar-refractivity contribution in [2.24, 2.45) is 0 Å². The lowest BCUT2D eigenvalue weighted by Gasteiger charge is -2.22. The molecule has 0 fully saturated rings. The van der Waals surface area contributed by atoms with E-state index >= 15 is 0 Å². The summed E-state index contributed by atoms with van der Waals surface area (Å²) in [5.41, 5.74) is -24.8. The maximum Gasteiger partial charge on any atom is 0.480 e. The van der Waals surface area contributed by atoms with Crippen molar-refractivity contribution in [2.75, 3.05) is 7.11 Å². The van der Waals surface area contributed by atoms with Crippen molar-refractivity contribution in [2.45, 2.75) is 54.4 Å². The van der Waals surface area contributed by atoms with Gasteiger partial charge >= 0.3 is 22.0 Å². The Kier molecular flexibility index (Phi) is 16.2. The maximum absolute atomic E-state index is 11.4. The number of nitrogens with zero attached hydrogens (tertiary/aromatic N) is 4. The van der Waals surface area contributed by atoms with Crippen LogP contribution in [0.4, 0.5) is 52.7 Å². The van der Waals surface area contributed by atoms with Crippen LogP contribution in [0, 0.1) is 0 Å². The minimum atomic E-state index is -6.72. The molecule has 2 aromatic heterocycles. The molecule has 29 heteroatoms. The van der Waals surface area contributed by atoms with Crippen LogP contribution in [-0.2, 0) is 53.2 Å². The third kappa shape index (κ3) is 15.6. The number of sulfonamides is 4. The van der Waals surface area contributed by atoms with E-state index in [1.54, 1.807) is 7.11 Å². The predicted molar refractivity (Wildman–Crippen MR) is 140 cm³/mol. The zero-order valence-electron chi connectivity index (χ0n) is 23.9. The summed E-state index contributed by atoms with van der Waals surface area (Å²) in [6.07, 6.45) is 12.1. The van der Waals surface area contributed by atoms with Gasteiger partial charge in [0.1, 0.15) is 18.8 Å². The molecule has 2 heterocycles. The molecule has 2 rings (SSSR count). The maximum atomic E-state index is 11.4. The van der Waals surface area contributed by atoms with Crippen LogP contribution in [0.25, 0.3) is 8.25 Å². The molecular formula is C20H22F12N4O9S4. The fourth-order valence-electron chi connectivity index (χ4n) is 2.51. The van der Waals surface area contributed by atoms with Crippen LogP contribution >= 0.6 is 0 Å². The zero-order valence-corrected chi connectivity index (χ0v) is 27.1. The second kappa shape index (κ2) is 17.3. The van der Waals surface area contributed by atoms with Crippen LogP contribution in [0.3, 0.4) is 0 Å².